The van der Waals surface area contributed by atoms with Gasteiger partial charge in [-0.05, 0) is 79.7 Å². The lowest BCUT2D eigenvalue weighted by Gasteiger charge is -2.36. The number of piperazine rings is 1. The standard InChI is InChI=1S/C29H26BrN3O3/c1-19(34)20-3-8-23(9-4-20)32-13-15-33(16-14-32)29(35)26-18-28(21-5-10-24(36-2)11-6-21)31-27-12-7-22(30)17-25(26)27/h3-12,17-18H,13-16H2,1-2H3. The number of amides is 1. The number of hydrogen-bond donors (Lipinski definition) is 0. The van der Waals surface area contributed by atoms with E-state index in [1.54, 1.807) is 14.0 Å². The number of pyridine rings is 1. The van der Waals surface area contributed by atoms with Crippen molar-refractivity contribution in [2.24, 2.45) is 0 Å². The Morgan fingerprint density at radius 1 is 0.889 bits per heavy atom. The second kappa shape index (κ2) is 10.1. The summed E-state index contributed by atoms with van der Waals surface area (Å²) in [6.07, 6.45) is 0. The first-order chi connectivity index (χ1) is 17.4. The molecule has 1 saturated heterocycles. The van der Waals surface area contributed by atoms with Crippen LogP contribution in [0.5, 0.6) is 5.75 Å². The molecule has 0 aliphatic carbocycles. The molecule has 0 N–H and O–H groups in total. The third-order valence-corrected chi connectivity index (χ3v) is 7.09. The first-order valence-electron chi connectivity index (χ1n) is 11.8. The van der Waals surface area contributed by atoms with Crippen LogP contribution in [0.25, 0.3) is 22.2 Å². The van der Waals surface area contributed by atoms with Gasteiger partial charge in [0.25, 0.3) is 5.91 Å². The number of rotatable bonds is 5. The Bertz CT molecular complexity index is 1430. The Morgan fingerprint density at radius 2 is 1.58 bits per heavy atom. The fourth-order valence-electron chi connectivity index (χ4n) is 4.53. The molecule has 6 nitrogen and oxygen atoms in total. The summed E-state index contributed by atoms with van der Waals surface area (Å²) in [4.78, 5) is 34.3. The number of carbonyl (C=O) groups excluding carboxylic acids is 2. The van der Waals surface area contributed by atoms with Crippen LogP contribution in [0.1, 0.15) is 27.6 Å². The minimum Gasteiger partial charge on any atom is -0.497 e. The van der Waals surface area contributed by atoms with E-state index in [4.69, 9.17) is 9.72 Å². The summed E-state index contributed by atoms with van der Waals surface area (Å²) in [6.45, 7) is 4.25. The molecule has 1 aromatic heterocycles. The van der Waals surface area contributed by atoms with Crippen LogP contribution in [-0.4, -0.2) is 54.9 Å². The molecule has 0 radical (unpaired) electrons. The van der Waals surface area contributed by atoms with Crippen molar-refractivity contribution in [3.05, 3.63) is 88.4 Å². The molecule has 0 bridgehead atoms. The third-order valence-electron chi connectivity index (χ3n) is 6.59. The van der Waals surface area contributed by atoms with Gasteiger partial charge in [-0.15, -0.1) is 0 Å². The van der Waals surface area contributed by atoms with E-state index in [1.165, 1.54) is 0 Å². The van der Waals surface area contributed by atoms with Crippen LogP contribution in [0, 0.1) is 0 Å². The molecule has 1 amide bonds. The average molecular weight is 544 g/mol. The van der Waals surface area contributed by atoms with Crippen LogP contribution in [0.3, 0.4) is 0 Å². The molecule has 4 aromatic rings. The van der Waals surface area contributed by atoms with Crippen LogP contribution >= 0.6 is 15.9 Å². The van der Waals surface area contributed by atoms with Gasteiger partial charge in [-0.1, -0.05) is 15.9 Å². The maximum atomic E-state index is 13.8. The monoisotopic (exact) mass is 543 g/mol. The maximum Gasteiger partial charge on any atom is 0.254 e. The Kier molecular flexibility index (Phi) is 6.74. The fourth-order valence-corrected chi connectivity index (χ4v) is 4.89. The zero-order valence-corrected chi connectivity index (χ0v) is 21.8. The molecular weight excluding hydrogens is 518 g/mol. The highest BCUT2D eigenvalue weighted by atomic mass is 79.9. The van der Waals surface area contributed by atoms with Crippen LogP contribution in [0.15, 0.2) is 77.3 Å². The number of hydrogen-bond acceptors (Lipinski definition) is 5. The van der Waals surface area contributed by atoms with Gasteiger partial charge in [-0.3, -0.25) is 9.59 Å². The largest absolute Gasteiger partial charge is 0.497 e. The highest BCUT2D eigenvalue weighted by Crippen LogP contribution is 2.29. The summed E-state index contributed by atoms with van der Waals surface area (Å²) in [6, 6.07) is 23.1. The summed E-state index contributed by atoms with van der Waals surface area (Å²) >= 11 is 3.54. The van der Waals surface area contributed by atoms with Crippen LogP contribution in [0.2, 0.25) is 0 Å². The van der Waals surface area contributed by atoms with Gasteiger partial charge in [0.1, 0.15) is 5.75 Å². The van der Waals surface area contributed by atoms with E-state index in [9.17, 15) is 9.59 Å². The number of methoxy groups -OCH3 is 1. The lowest BCUT2D eigenvalue weighted by Crippen LogP contribution is -2.48. The summed E-state index contributed by atoms with van der Waals surface area (Å²) in [5.74, 6) is 0.831. The Balaban J connectivity index is 1.41. The molecule has 182 valence electrons. The molecule has 0 spiro atoms. The molecule has 1 fully saturated rings. The second-order valence-electron chi connectivity index (χ2n) is 8.83. The van der Waals surface area contributed by atoms with Crippen molar-refractivity contribution in [3.8, 4) is 17.0 Å². The molecule has 0 unspecified atom stereocenters. The average Bonchev–Trinajstić information content (AvgIpc) is 2.92. The first kappa shape index (κ1) is 24.0. The number of fused-ring (bicyclic) bond motifs is 1. The van der Waals surface area contributed by atoms with E-state index in [0.717, 1.165) is 51.2 Å². The number of carbonyl (C=O) groups is 2. The van der Waals surface area contributed by atoms with Crippen molar-refractivity contribution >= 4 is 44.2 Å². The van der Waals surface area contributed by atoms with Crippen LogP contribution in [-0.2, 0) is 0 Å². The Hall–Kier alpha value is -3.71. The van der Waals surface area contributed by atoms with Crippen molar-refractivity contribution in [3.63, 3.8) is 0 Å². The minimum absolute atomic E-state index is 0.00170. The van der Waals surface area contributed by atoms with Gasteiger partial charge in [0.15, 0.2) is 5.78 Å². The van der Waals surface area contributed by atoms with Crippen molar-refractivity contribution in [1.29, 1.82) is 0 Å². The van der Waals surface area contributed by atoms with E-state index in [1.807, 2.05) is 77.7 Å². The molecule has 0 atom stereocenters. The van der Waals surface area contributed by atoms with E-state index >= 15 is 0 Å². The quantitative estimate of drug-likeness (QED) is 0.296. The molecular formula is C29H26BrN3O3. The topological polar surface area (TPSA) is 62.7 Å². The molecule has 5 rings (SSSR count). The summed E-state index contributed by atoms with van der Waals surface area (Å²) in [5.41, 5.74) is 4.86. The number of ether oxygens (including phenoxy) is 1. The lowest BCUT2D eigenvalue weighted by molar-refractivity contribution is 0.0748. The van der Waals surface area contributed by atoms with Crippen molar-refractivity contribution < 1.29 is 14.3 Å². The highest BCUT2D eigenvalue weighted by Gasteiger charge is 2.25. The number of benzene rings is 3. The minimum atomic E-state index is 0.00170. The Morgan fingerprint density at radius 3 is 2.22 bits per heavy atom. The summed E-state index contributed by atoms with van der Waals surface area (Å²) in [5, 5.41) is 0.828. The number of nitrogens with zero attached hydrogens (tertiary/aromatic N) is 3. The maximum absolute atomic E-state index is 13.8. The lowest BCUT2D eigenvalue weighted by atomic mass is 10.0. The molecule has 0 saturated carbocycles. The van der Waals surface area contributed by atoms with Crippen molar-refractivity contribution in [2.75, 3.05) is 38.2 Å². The van der Waals surface area contributed by atoms with Crippen LogP contribution in [0.4, 0.5) is 5.69 Å². The van der Waals surface area contributed by atoms with Crippen molar-refractivity contribution in [1.82, 2.24) is 9.88 Å². The second-order valence-corrected chi connectivity index (χ2v) is 9.74. The zero-order valence-electron chi connectivity index (χ0n) is 20.2. The van der Waals surface area contributed by atoms with E-state index in [-0.39, 0.29) is 11.7 Å². The SMILES string of the molecule is COc1ccc(-c2cc(C(=O)N3CCN(c4ccc(C(C)=O)cc4)CC3)c3cc(Br)ccc3n2)cc1. The van der Waals surface area contributed by atoms with E-state index in [2.05, 4.69) is 20.8 Å². The molecule has 1 aliphatic rings. The Labute approximate surface area is 218 Å². The number of halogens is 1. The smallest absolute Gasteiger partial charge is 0.254 e. The van der Waals surface area contributed by atoms with E-state index < -0.39 is 0 Å². The number of ketones is 1. The fraction of sp³-hybridized carbons (Fsp3) is 0.207. The zero-order chi connectivity index (χ0) is 25.2. The van der Waals surface area contributed by atoms with Gasteiger partial charge in [-0.2, -0.15) is 0 Å². The third kappa shape index (κ3) is 4.84. The summed E-state index contributed by atoms with van der Waals surface area (Å²) in [7, 11) is 1.64. The van der Waals surface area contributed by atoms with Gasteiger partial charge in [0.2, 0.25) is 0 Å². The van der Waals surface area contributed by atoms with Gasteiger partial charge in [-0.25, -0.2) is 4.98 Å². The molecule has 36 heavy (non-hydrogen) atoms. The molecule has 3 aromatic carbocycles. The number of aromatic nitrogens is 1. The number of Topliss-reactive ketones (excluding diaryl/α,β-unsaturated/α-hetero) is 1. The highest BCUT2D eigenvalue weighted by molar-refractivity contribution is 9.10. The van der Waals surface area contributed by atoms with Crippen LogP contribution < -0.4 is 9.64 Å². The molecule has 7 heteroatoms. The summed E-state index contributed by atoms with van der Waals surface area (Å²) < 4.78 is 6.19. The van der Waals surface area contributed by atoms with E-state index in [0.29, 0.717) is 24.2 Å². The molecule has 1 aliphatic heterocycles. The van der Waals surface area contributed by atoms with Gasteiger partial charge in [0.05, 0.1) is 23.9 Å². The van der Waals surface area contributed by atoms with Gasteiger partial charge in [0, 0.05) is 52.9 Å². The predicted molar refractivity (Wildman–Crippen MR) is 146 cm³/mol. The number of anilines is 1. The predicted octanol–water partition coefficient (Wildman–Crippen LogP) is 5.84. The molecule has 2 heterocycles. The van der Waals surface area contributed by atoms with Crippen molar-refractivity contribution in [2.45, 2.75) is 6.92 Å². The first-order valence-corrected chi connectivity index (χ1v) is 12.6. The van der Waals surface area contributed by atoms with Gasteiger partial charge < -0.3 is 14.5 Å². The van der Waals surface area contributed by atoms with Gasteiger partial charge >= 0.3 is 0 Å². The normalized spacial score (nSPS) is 13.6.